The molecule has 0 radical (unpaired) electrons. The van der Waals surface area contributed by atoms with Crippen LogP contribution in [-0.2, 0) is 7.05 Å². The first-order chi connectivity index (χ1) is 15.3. The highest BCUT2D eigenvalue weighted by Gasteiger charge is 2.25. The molecule has 0 bridgehead atoms. The van der Waals surface area contributed by atoms with E-state index in [0.29, 0.717) is 11.4 Å². The third-order valence-electron chi connectivity index (χ3n) is 6.22. The summed E-state index contributed by atoms with van der Waals surface area (Å²) in [5, 5.41) is 10.9. The van der Waals surface area contributed by atoms with Gasteiger partial charge in [0.2, 0.25) is 5.88 Å². The summed E-state index contributed by atoms with van der Waals surface area (Å²) >= 11 is 0. The minimum atomic E-state index is -0.724. The molecule has 0 spiro atoms. The van der Waals surface area contributed by atoms with Gasteiger partial charge >= 0.3 is 5.69 Å². The fraction of sp³-hybridized carbons (Fsp3) is 0.391. The standard InChI is InChI=1S/C23H27N5O4/c1-14(18-20(29)25-23(32)27(21(18)30)16-10-6-4-7-11-16)24-19-15(2)26(3)28(22(19)31)17-12-8-5-9-13-17/h5,8-9,12-13,16,30H,4,6-7,10-11H2,1-3H3,(H,25,29,32). The maximum atomic E-state index is 13.1. The Labute approximate surface area is 184 Å². The van der Waals surface area contributed by atoms with Gasteiger partial charge in [0.05, 0.1) is 17.1 Å². The molecule has 2 aromatic heterocycles. The molecule has 2 N–H and O–H groups in total. The van der Waals surface area contributed by atoms with Gasteiger partial charge in [-0.25, -0.2) is 14.5 Å². The van der Waals surface area contributed by atoms with Gasteiger partial charge in [0.25, 0.3) is 11.1 Å². The summed E-state index contributed by atoms with van der Waals surface area (Å²) in [6, 6.07) is 9.00. The number of rotatable bonds is 4. The molecule has 2 heterocycles. The molecule has 0 aliphatic heterocycles. The van der Waals surface area contributed by atoms with Crippen molar-refractivity contribution < 1.29 is 5.11 Å². The Morgan fingerprint density at radius 3 is 2.41 bits per heavy atom. The number of aromatic hydroxyl groups is 1. The zero-order chi connectivity index (χ0) is 23.0. The van der Waals surface area contributed by atoms with Crippen molar-refractivity contribution in [2.75, 3.05) is 0 Å². The molecule has 0 unspecified atom stereocenters. The van der Waals surface area contributed by atoms with E-state index in [2.05, 4.69) is 9.98 Å². The second-order valence-electron chi connectivity index (χ2n) is 8.23. The number of nitrogens with zero attached hydrogens (tertiary/aromatic N) is 4. The summed E-state index contributed by atoms with van der Waals surface area (Å²) in [5.74, 6) is -0.399. The summed E-state index contributed by atoms with van der Waals surface area (Å²) in [6.07, 6.45) is 4.52. The van der Waals surface area contributed by atoms with Gasteiger partial charge in [0.15, 0.2) is 5.69 Å². The molecular formula is C23H27N5O4. The molecule has 9 nitrogen and oxygen atoms in total. The predicted octanol–water partition coefficient (Wildman–Crippen LogP) is 2.69. The first kappa shape index (κ1) is 21.6. The van der Waals surface area contributed by atoms with Crippen molar-refractivity contribution in [3.63, 3.8) is 0 Å². The van der Waals surface area contributed by atoms with E-state index in [1.165, 1.54) is 9.25 Å². The lowest BCUT2D eigenvalue weighted by atomic mass is 9.95. The summed E-state index contributed by atoms with van der Waals surface area (Å²) in [6.45, 7) is 3.32. The fourth-order valence-electron chi connectivity index (χ4n) is 4.45. The van der Waals surface area contributed by atoms with Gasteiger partial charge in [-0.15, -0.1) is 0 Å². The molecule has 4 rings (SSSR count). The lowest BCUT2D eigenvalue weighted by Gasteiger charge is -2.25. The number of H-pyrrole nitrogens is 1. The molecule has 1 aromatic carbocycles. The number of aromatic amines is 1. The topological polar surface area (TPSA) is 114 Å². The molecule has 9 heteroatoms. The van der Waals surface area contributed by atoms with Crippen molar-refractivity contribution in [1.82, 2.24) is 18.9 Å². The largest absolute Gasteiger partial charge is 0.494 e. The average molecular weight is 438 g/mol. The van der Waals surface area contributed by atoms with Crippen LogP contribution in [0.1, 0.15) is 56.3 Å². The quantitative estimate of drug-likeness (QED) is 0.611. The van der Waals surface area contributed by atoms with Gasteiger partial charge in [0.1, 0.15) is 5.56 Å². The number of hydrogen-bond acceptors (Lipinski definition) is 5. The molecule has 32 heavy (non-hydrogen) atoms. The first-order valence-corrected chi connectivity index (χ1v) is 10.8. The number of aliphatic imine (C=N–C) groups is 1. The van der Waals surface area contributed by atoms with Crippen molar-refractivity contribution in [2.45, 2.75) is 52.0 Å². The van der Waals surface area contributed by atoms with Crippen LogP contribution in [0.15, 0.2) is 49.7 Å². The van der Waals surface area contributed by atoms with Crippen molar-refractivity contribution in [3.8, 4) is 11.6 Å². The minimum absolute atomic E-state index is 0.0934. The predicted molar refractivity (Wildman–Crippen MR) is 123 cm³/mol. The van der Waals surface area contributed by atoms with Crippen LogP contribution in [0.4, 0.5) is 5.69 Å². The van der Waals surface area contributed by atoms with Gasteiger partial charge in [-0.2, -0.15) is 0 Å². The average Bonchev–Trinajstić information content (AvgIpc) is 2.98. The van der Waals surface area contributed by atoms with Crippen LogP contribution < -0.4 is 16.8 Å². The Kier molecular flexibility index (Phi) is 5.73. The van der Waals surface area contributed by atoms with Crippen molar-refractivity contribution >= 4 is 11.4 Å². The van der Waals surface area contributed by atoms with Gasteiger partial charge in [0, 0.05) is 13.1 Å². The van der Waals surface area contributed by atoms with E-state index in [-0.39, 0.29) is 28.6 Å². The molecule has 3 aromatic rings. The first-order valence-electron chi connectivity index (χ1n) is 10.8. The van der Waals surface area contributed by atoms with Gasteiger partial charge in [-0.05, 0) is 38.8 Å². The third kappa shape index (κ3) is 3.63. The van der Waals surface area contributed by atoms with E-state index in [9.17, 15) is 19.5 Å². The van der Waals surface area contributed by atoms with Crippen molar-refractivity contribution in [1.29, 1.82) is 0 Å². The summed E-state index contributed by atoms with van der Waals surface area (Å²) in [4.78, 5) is 44.9. The van der Waals surface area contributed by atoms with Crippen molar-refractivity contribution in [3.05, 3.63) is 72.8 Å². The van der Waals surface area contributed by atoms with Crippen LogP contribution >= 0.6 is 0 Å². The second-order valence-corrected chi connectivity index (χ2v) is 8.23. The van der Waals surface area contributed by atoms with Crippen LogP contribution in [0.5, 0.6) is 5.88 Å². The molecule has 0 atom stereocenters. The van der Waals surface area contributed by atoms with Crippen molar-refractivity contribution in [2.24, 2.45) is 12.0 Å². The number of aromatic nitrogens is 4. The zero-order valence-corrected chi connectivity index (χ0v) is 18.5. The summed E-state index contributed by atoms with van der Waals surface area (Å²) in [7, 11) is 1.76. The van der Waals surface area contributed by atoms with Gasteiger partial charge in [-0.3, -0.25) is 23.8 Å². The number of hydrogen-bond donors (Lipinski definition) is 2. The maximum absolute atomic E-state index is 13.1. The van der Waals surface area contributed by atoms with Crippen LogP contribution in [0.25, 0.3) is 5.69 Å². The van der Waals surface area contributed by atoms with E-state index < -0.39 is 17.1 Å². The fourth-order valence-corrected chi connectivity index (χ4v) is 4.45. The third-order valence-corrected chi connectivity index (χ3v) is 6.22. The van der Waals surface area contributed by atoms with E-state index in [1.54, 1.807) is 25.6 Å². The Morgan fingerprint density at radius 2 is 1.75 bits per heavy atom. The van der Waals surface area contributed by atoms with Crippen LogP contribution in [0, 0.1) is 6.92 Å². The van der Waals surface area contributed by atoms with E-state index in [0.717, 1.165) is 32.1 Å². The molecule has 0 saturated heterocycles. The minimum Gasteiger partial charge on any atom is -0.494 e. The van der Waals surface area contributed by atoms with E-state index >= 15 is 0 Å². The summed E-state index contributed by atoms with van der Waals surface area (Å²) < 4.78 is 4.44. The second kappa shape index (κ2) is 8.49. The van der Waals surface area contributed by atoms with Crippen LogP contribution in [0.3, 0.4) is 0 Å². The molecule has 0 amide bonds. The van der Waals surface area contributed by atoms with Crippen LogP contribution in [0.2, 0.25) is 0 Å². The zero-order valence-electron chi connectivity index (χ0n) is 18.5. The van der Waals surface area contributed by atoms with E-state index in [4.69, 9.17) is 0 Å². The van der Waals surface area contributed by atoms with E-state index in [1.807, 2.05) is 30.3 Å². The number of nitrogens with one attached hydrogen (secondary N) is 1. The molecule has 1 aliphatic rings. The van der Waals surface area contributed by atoms with Gasteiger partial charge in [-0.1, -0.05) is 37.5 Å². The SMILES string of the molecule is CC(=Nc1c(C)n(C)n(-c2ccccc2)c1=O)c1c(O)n(C2CCCCC2)c(=O)[nH]c1=O. The Hall–Kier alpha value is -3.62. The summed E-state index contributed by atoms with van der Waals surface area (Å²) in [5.41, 5.74) is -0.155. The highest BCUT2D eigenvalue weighted by Crippen LogP contribution is 2.30. The Morgan fingerprint density at radius 1 is 1.09 bits per heavy atom. The number of benzene rings is 1. The van der Waals surface area contributed by atoms with Crippen LogP contribution in [-0.4, -0.2) is 29.7 Å². The molecule has 168 valence electrons. The molecule has 1 saturated carbocycles. The monoisotopic (exact) mass is 437 g/mol. The lowest BCUT2D eigenvalue weighted by molar-refractivity contribution is 0.298. The maximum Gasteiger partial charge on any atom is 0.331 e. The molecule has 1 fully saturated rings. The lowest BCUT2D eigenvalue weighted by Crippen LogP contribution is -2.36. The molecular weight excluding hydrogens is 410 g/mol. The number of para-hydroxylation sites is 1. The highest BCUT2D eigenvalue weighted by atomic mass is 16.3. The Balaban J connectivity index is 1.85. The Bertz CT molecular complexity index is 1350. The van der Waals surface area contributed by atoms with Gasteiger partial charge < -0.3 is 5.11 Å². The molecule has 1 aliphatic carbocycles. The normalized spacial score (nSPS) is 15.3. The highest BCUT2D eigenvalue weighted by molar-refractivity contribution is 6.01. The smallest absolute Gasteiger partial charge is 0.331 e.